The van der Waals surface area contributed by atoms with Gasteiger partial charge in [0.2, 0.25) is 0 Å². The van der Waals surface area contributed by atoms with Gasteiger partial charge in [0.15, 0.2) is 0 Å². The smallest absolute Gasteiger partial charge is 0.0991 e. The van der Waals surface area contributed by atoms with Crippen molar-refractivity contribution in [2.75, 3.05) is 0 Å². The molecule has 0 bridgehead atoms. The number of nitrogens with two attached hydrogens (primary N) is 1. The standard InChI is InChI=1S/C16H22N2/c1-12(18)16(10-13-5-2-3-6-13)15-8-4-7-14(9-15)11-17/h4,7-9,12-13,16H,2-3,5-6,10,18H2,1H3. The first-order valence-electron chi connectivity index (χ1n) is 6.96. The monoisotopic (exact) mass is 242 g/mol. The normalized spacial score (nSPS) is 19.4. The van der Waals surface area contributed by atoms with Gasteiger partial charge in [0.1, 0.15) is 0 Å². The molecule has 1 aromatic carbocycles. The molecule has 18 heavy (non-hydrogen) atoms. The Morgan fingerprint density at radius 2 is 2.11 bits per heavy atom. The summed E-state index contributed by atoms with van der Waals surface area (Å²) in [4.78, 5) is 0. The van der Waals surface area contributed by atoms with E-state index in [1.165, 1.54) is 37.7 Å². The van der Waals surface area contributed by atoms with Crippen molar-refractivity contribution in [1.82, 2.24) is 0 Å². The van der Waals surface area contributed by atoms with E-state index in [0.29, 0.717) is 5.92 Å². The van der Waals surface area contributed by atoms with Crippen LogP contribution in [0.5, 0.6) is 0 Å². The minimum absolute atomic E-state index is 0.152. The molecule has 96 valence electrons. The van der Waals surface area contributed by atoms with Crippen molar-refractivity contribution >= 4 is 0 Å². The highest BCUT2D eigenvalue weighted by Crippen LogP contribution is 2.35. The molecule has 0 saturated heterocycles. The van der Waals surface area contributed by atoms with Gasteiger partial charge in [-0.2, -0.15) is 5.26 Å². The van der Waals surface area contributed by atoms with E-state index in [4.69, 9.17) is 11.0 Å². The third-order valence-corrected chi connectivity index (χ3v) is 4.14. The van der Waals surface area contributed by atoms with Crippen LogP contribution in [0.3, 0.4) is 0 Å². The molecule has 0 radical (unpaired) electrons. The molecule has 0 heterocycles. The van der Waals surface area contributed by atoms with E-state index < -0.39 is 0 Å². The predicted octanol–water partition coefficient (Wildman–Crippen LogP) is 3.57. The summed E-state index contributed by atoms with van der Waals surface area (Å²) in [7, 11) is 0. The number of nitrogens with zero attached hydrogens (tertiary/aromatic N) is 1. The molecule has 2 unspecified atom stereocenters. The maximum absolute atomic E-state index is 8.99. The SMILES string of the molecule is CC(N)C(CC1CCCC1)c1cccc(C#N)c1. The lowest BCUT2D eigenvalue weighted by atomic mass is 9.83. The van der Waals surface area contributed by atoms with Crippen LogP contribution in [0.4, 0.5) is 0 Å². The van der Waals surface area contributed by atoms with Gasteiger partial charge in [-0.1, -0.05) is 37.8 Å². The Labute approximate surface area is 110 Å². The highest BCUT2D eigenvalue weighted by atomic mass is 14.6. The van der Waals surface area contributed by atoms with Crippen molar-refractivity contribution in [3.05, 3.63) is 35.4 Å². The van der Waals surface area contributed by atoms with Crippen molar-refractivity contribution in [1.29, 1.82) is 5.26 Å². The molecule has 1 saturated carbocycles. The fraction of sp³-hybridized carbons (Fsp3) is 0.562. The average molecular weight is 242 g/mol. The van der Waals surface area contributed by atoms with Crippen molar-refractivity contribution in [3.8, 4) is 6.07 Å². The van der Waals surface area contributed by atoms with Crippen LogP contribution in [0, 0.1) is 17.2 Å². The van der Waals surface area contributed by atoms with Crippen molar-refractivity contribution in [3.63, 3.8) is 0 Å². The largest absolute Gasteiger partial charge is 0.327 e. The summed E-state index contributed by atoms with van der Waals surface area (Å²) in [6.07, 6.45) is 6.61. The Hall–Kier alpha value is -1.33. The Bertz CT molecular complexity index is 425. The van der Waals surface area contributed by atoms with Gasteiger partial charge in [0.05, 0.1) is 11.6 Å². The Kier molecular flexibility index (Phi) is 4.38. The van der Waals surface area contributed by atoms with Crippen molar-refractivity contribution in [2.24, 2.45) is 11.7 Å². The molecule has 1 aliphatic carbocycles. The second-order valence-electron chi connectivity index (χ2n) is 5.59. The first-order chi connectivity index (χ1) is 8.70. The van der Waals surface area contributed by atoms with Crippen LogP contribution in [0.25, 0.3) is 0 Å². The van der Waals surface area contributed by atoms with Crippen LogP contribution >= 0.6 is 0 Å². The number of nitriles is 1. The van der Waals surface area contributed by atoms with Crippen LogP contribution in [0.15, 0.2) is 24.3 Å². The minimum Gasteiger partial charge on any atom is -0.327 e. The summed E-state index contributed by atoms with van der Waals surface area (Å²) in [5.74, 6) is 1.22. The zero-order chi connectivity index (χ0) is 13.0. The maximum Gasteiger partial charge on any atom is 0.0991 e. The fourth-order valence-corrected chi connectivity index (χ4v) is 3.10. The molecule has 2 heteroatoms. The van der Waals surface area contributed by atoms with Gasteiger partial charge in [-0.05, 0) is 42.9 Å². The second kappa shape index (κ2) is 6.02. The minimum atomic E-state index is 0.152. The molecule has 2 nitrogen and oxygen atoms in total. The van der Waals surface area contributed by atoms with Gasteiger partial charge < -0.3 is 5.73 Å². The Balaban J connectivity index is 2.15. The molecule has 0 amide bonds. The van der Waals surface area contributed by atoms with Crippen molar-refractivity contribution < 1.29 is 0 Å². The summed E-state index contributed by atoms with van der Waals surface area (Å²) < 4.78 is 0. The molecule has 0 aromatic heterocycles. The van der Waals surface area contributed by atoms with Gasteiger partial charge in [-0.3, -0.25) is 0 Å². The van der Waals surface area contributed by atoms with Gasteiger partial charge in [0.25, 0.3) is 0 Å². The predicted molar refractivity (Wildman–Crippen MR) is 74.1 cm³/mol. The van der Waals surface area contributed by atoms with Crippen LogP contribution in [-0.2, 0) is 0 Å². The maximum atomic E-state index is 8.99. The molecule has 2 atom stereocenters. The van der Waals surface area contributed by atoms with E-state index in [-0.39, 0.29) is 6.04 Å². The molecule has 0 spiro atoms. The molecular weight excluding hydrogens is 220 g/mol. The average Bonchev–Trinajstić information content (AvgIpc) is 2.88. The first-order valence-corrected chi connectivity index (χ1v) is 6.96. The lowest BCUT2D eigenvalue weighted by Gasteiger charge is -2.24. The molecular formula is C16H22N2. The molecule has 0 aliphatic heterocycles. The topological polar surface area (TPSA) is 49.8 Å². The Morgan fingerprint density at radius 1 is 1.39 bits per heavy atom. The highest BCUT2D eigenvalue weighted by molar-refractivity contribution is 5.35. The molecule has 1 aromatic rings. The van der Waals surface area contributed by atoms with Crippen LogP contribution in [0.2, 0.25) is 0 Å². The fourth-order valence-electron chi connectivity index (χ4n) is 3.10. The quantitative estimate of drug-likeness (QED) is 0.877. The number of hydrogen-bond acceptors (Lipinski definition) is 2. The number of rotatable bonds is 4. The van der Waals surface area contributed by atoms with Gasteiger partial charge in [-0.25, -0.2) is 0 Å². The third kappa shape index (κ3) is 3.11. The van der Waals surface area contributed by atoms with Gasteiger partial charge in [0, 0.05) is 6.04 Å². The number of hydrogen-bond donors (Lipinski definition) is 1. The van der Waals surface area contributed by atoms with E-state index in [1.807, 2.05) is 18.2 Å². The third-order valence-electron chi connectivity index (χ3n) is 4.14. The molecule has 1 fully saturated rings. The number of benzene rings is 1. The highest BCUT2D eigenvalue weighted by Gasteiger charge is 2.23. The van der Waals surface area contributed by atoms with Crippen LogP contribution in [-0.4, -0.2) is 6.04 Å². The summed E-state index contributed by atoms with van der Waals surface area (Å²) in [6, 6.07) is 10.3. The lowest BCUT2D eigenvalue weighted by molar-refractivity contribution is 0.410. The zero-order valence-electron chi connectivity index (χ0n) is 11.1. The van der Waals surface area contributed by atoms with Crippen LogP contribution in [0.1, 0.15) is 56.1 Å². The van der Waals surface area contributed by atoms with E-state index >= 15 is 0 Å². The van der Waals surface area contributed by atoms with E-state index in [2.05, 4.69) is 19.1 Å². The first kappa shape index (κ1) is 13.1. The Morgan fingerprint density at radius 3 is 2.72 bits per heavy atom. The molecule has 2 rings (SSSR count). The summed E-state index contributed by atoms with van der Waals surface area (Å²) >= 11 is 0. The van der Waals surface area contributed by atoms with E-state index in [1.54, 1.807) is 0 Å². The van der Waals surface area contributed by atoms with E-state index in [9.17, 15) is 0 Å². The van der Waals surface area contributed by atoms with E-state index in [0.717, 1.165) is 11.5 Å². The molecule has 1 aliphatic rings. The second-order valence-corrected chi connectivity index (χ2v) is 5.59. The summed E-state index contributed by atoms with van der Waals surface area (Å²) in [5.41, 5.74) is 8.13. The van der Waals surface area contributed by atoms with Gasteiger partial charge >= 0.3 is 0 Å². The lowest BCUT2D eigenvalue weighted by Crippen LogP contribution is -2.26. The summed E-state index contributed by atoms with van der Waals surface area (Å²) in [5, 5.41) is 8.99. The van der Waals surface area contributed by atoms with Crippen molar-refractivity contribution in [2.45, 2.75) is 51.0 Å². The van der Waals surface area contributed by atoms with Gasteiger partial charge in [-0.15, -0.1) is 0 Å². The summed E-state index contributed by atoms with van der Waals surface area (Å²) in [6.45, 7) is 2.08. The van der Waals surface area contributed by atoms with Crippen LogP contribution < -0.4 is 5.73 Å². The zero-order valence-corrected chi connectivity index (χ0v) is 11.1. The molecule has 2 N–H and O–H groups in total.